The van der Waals surface area contributed by atoms with Gasteiger partial charge in [0, 0.05) is 12.3 Å². The minimum atomic E-state index is -0.735. The second-order valence-electron chi connectivity index (χ2n) is 4.76. The van der Waals surface area contributed by atoms with Gasteiger partial charge in [0.1, 0.15) is 12.6 Å². The molecule has 1 atom stereocenters. The topological polar surface area (TPSA) is 94.3 Å². The van der Waals surface area contributed by atoms with Crippen LogP contribution in [0.4, 0.5) is 0 Å². The summed E-state index contributed by atoms with van der Waals surface area (Å²) in [5.74, 6) is -0.583. The van der Waals surface area contributed by atoms with Crippen molar-refractivity contribution in [1.29, 1.82) is 0 Å². The quantitative estimate of drug-likeness (QED) is 0.839. The van der Waals surface area contributed by atoms with E-state index < -0.39 is 17.9 Å². The highest BCUT2D eigenvalue weighted by Crippen LogP contribution is 2.10. The van der Waals surface area contributed by atoms with Crippen LogP contribution < -0.4 is 15.8 Å². The van der Waals surface area contributed by atoms with Crippen LogP contribution in [0.3, 0.4) is 0 Å². The molecule has 1 unspecified atom stereocenters. The number of nitrogens with zero attached hydrogens (tertiary/aromatic N) is 1. The molecule has 0 spiro atoms. The fourth-order valence-corrected chi connectivity index (χ4v) is 1.68. The average Bonchev–Trinajstić information content (AvgIpc) is 2.54. The van der Waals surface area contributed by atoms with E-state index in [0.29, 0.717) is 18.1 Å². The maximum absolute atomic E-state index is 11.9. The molecule has 0 aliphatic rings. The minimum Gasteiger partial charge on any atom is -0.473 e. The van der Waals surface area contributed by atoms with Gasteiger partial charge in [-0.25, -0.2) is 4.98 Å². The van der Waals surface area contributed by atoms with Crippen LogP contribution in [-0.4, -0.2) is 22.8 Å². The summed E-state index contributed by atoms with van der Waals surface area (Å²) in [7, 11) is 0. The minimum absolute atomic E-state index is 0.333. The molecule has 2 amide bonds. The number of carbonyl (C=O) groups excluding carboxylic acids is 2. The zero-order valence-electron chi connectivity index (χ0n) is 12.2. The number of hydrogen-bond donors (Lipinski definition) is 2. The molecule has 0 aliphatic carbocycles. The van der Waals surface area contributed by atoms with E-state index in [2.05, 4.69) is 10.3 Å². The van der Waals surface area contributed by atoms with Crippen molar-refractivity contribution in [2.24, 2.45) is 5.73 Å². The standard InChI is InChI=1S/C16H17N3O3/c1-11(15(17)20)19-16(21)13-7-8-14(18-9-13)22-10-12-5-3-2-4-6-12/h2-9,11H,10H2,1H3,(H2,17,20)(H,19,21). The van der Waals surface area contributed by atoms with Gasteiger partial charge in [0.05, 0.1) is 5.56 Å². The van der Waals surface area contributed by atoms with Gasteiger partial charge in [-0.15, -0.1) is 0 Å². The van der Waals surface area contributed by atoms with Crippen molar-refractivity contribution in [1.82, 2.24) is 10.3 Å². The molecule has 22 heavy (non-hydrogen) atoms. The largest absolute Gasteiger partial charge is 0.473 e. The number of nitrogens with two attached hydrogens (primary N) is 1. The summed E-state index contributed by atoms with van der Waals surface area (Å²) >= 11 is 0. The van der Waals surface area contributed by atoms with Gasteiger partial charge in [-0.2, -0.15) is 0 Å². The highest BCUT2D eigenvalue weighted by molar-refractivity contribution is 5.96. The van der Waals surface area contributed by atoms with E-state index in [1.54, 1.807) is 12.1 Å². The molecule has 1 heterocycles. The maximum Gasteiger partial charge on any atom is 0.253 e. The number of carbonyl (C=O) groups is 2. The first-order valence-corrected chi connectivity index (χ1v) is 6.79. The van der Waals surface area contributed by atoms with Crippen LogP contribution in [0.5, 0.6) is 5.88 Å². The van der Waals surface area contributed by atoms with Gasteiger partial charge >= 0.3 is 0 Å². The summed E-state index contributed by atoms with van der Waals surface area (Å²) in [6.45, 7) is 1.92. The van der Waals surface area contributed by atoms with Crippen molar-refractivity contribution in [2.75, 3.05) is 0 Å². The predicted octanol–water partition coefficient (Wildman–Crippen LogP) is 1.26. The first-order chi connectivity index (χ1) is 10.6. The average molecular weight is 299 g/mol. The highest BCUT2D eigenvalue weighted by atomic mass is 16.5. The highest BCUT2D eigenvalue weighted by Gasteiger charge is 2.14. The Morgan fingerprint density at radius 2 is 1.95 bits per heavy atom. The lowest BCUT2D eigenvalue weighted by molar-refractivity contribution is -0.119. The number of primary amides is 1. The fraction of sp³-hybridized carbons (Fsp3) is 0.188. The van der Waals surface area contributed by atoms with Crippen molar-refractivity contribution in [3.63, 3.8) is 0 Å². The van der Waals surface area contributed by atoms with Crippen LogP contribution in [0.1, 0.15) is 22.8 Å². The number of nitrogens with one attached hydrogen (secondary N) is 1. The van der Waals surface area contributed by atoms with Crippen molar-refractivity contribution in [2.45, 2.75) is 19.6 Å². The Hall–Kier alpha value is -2.89. The third-order valence-electron chi connectivity index (χ3n) is 3.00. The molecule has 2 rings (SSSR count). The number of benzene rings is 1. The lowest BCUT2D eigenvalue weighted by Crippen LogP contribution is -2.42. The summed E-state index contributed by atoms with van der Waals surface area (Å²) in [6, 6.07) is 12.1. The van der Waals surface area contributed by atoms with Crippen LogP contribution >= 0.6 is 0 Å². The molecule has 0 saturated carbocycles. The molecule has 3 N–H and O–H groups in total. The zero-order valence-corrected chi connectivity index (χ0v) is 12.2. The Morgan fingerprint density at radius 3 is 2.55 bits per heavy atom. The molecular formula is C16H17N3O3. The summed E-state index contributed by atoms with van der Waals surface area (Å²) in [5, 5.41) is 2.48. The second kappa shape index (κ2) is 7.21. The summed E-state index contributed by atoms with van der Waals surface area (Å²) in [5.41, 5.74) is 6.45. The van der Waals surface area contributed by atoms with Gasteiger partial charge in [0.15, 0.2) is 0 Å². The van der Waals surface area contributed by atoms with Gasteiger partial charge in [0.25, 0.3) is 5.91 Å². The number of amides is 2. The summed E-state index contributed by atoms with van der Waals surface area (Å²) < 4.78 is 5.53. The molecule has 2 aromatic rings. The number of hydrogen-bond acceptors (Lipinski definition) is 4. The van der Waals surface area contributed by atoms with E-state index in [-0.39, 0.29) is 0 Å². The van der Waals surface area contributed by atoms with E-state index in [1.165, 1.54) is 13.1 Å². The zero-order chi connectivity index (χ0) is 15.9. The molecular weight excluding hydrogens is 282 g/mol. The van der Waals surface area contributed by atoms with E-state index >= 15 is 0 Å². The van der Waals surface area contributed by atoms with Gasteiger partial charge in [0.2, 0.25) is 11.8 Å². The predicted molar refractivity (Wildman–Crippen MR) is 81.1 cm³/mol. The number of rotatable bonds is 6. The lowest BCUT2D eigenvalue weighted by atomic mass is 10.2. The Labute approximate surface area is 128 Å². The monoisotopic (exact) mass is 299 g/mol. The van der Waals surface area contributed by atoms with Crippen molar-refractivity contribution < 1.29 is 14.3 Å². The molecule has 6 nitrogen and oxygen atoms in total. The molecule has 0 saturated heterocycles. The third kappa shape index (κ3) is 4.31. The first-order valence-electron chi connectivity index (χ1n) is 6.79. The summed E-state index contributed by atoms with van der Waals surface area (Å²) in [4.78, 5) is 26.8. The Kier molecular flexibility index (Phi) is 5.08. The van der Waals surface area contributed by atoms with Crippen LogP contribution in [-0.2, 0) is 11.4 Å². The SMILES string of the molecule is CC(NC(=O)c1ccc(OCc2ccccc2)nc1)C(N)=O. The van der Waals surface area contributed by atoms with Gasteiger partial charge in [-0.05, 0) is 18.6 Å². The molecule has 0 bridgehead atoms. The van der Waals surface area contributed by atoms with Gasteiger partial charge < -0.3 is 15.8 Å². The van der Waals surface area contributed by atoms with Crippen LogP contribution in [0.25, 0.3) is 0 Å². The Bertz CT molecular complexity index is 641. The second-order valence-corrected chi connectivity index (χ2v) is 4.76. The molecule has 1 aromatic carbocycles. The summed E-state index contributed by atoms with van der Waals surface area (Å²) in [6.07, 6.45) is 1.39. The third-order valence-corrected chi connectivity index (χ3v) is 3.00. The lowest BCUT2D eigenvalue weighted by Gasteiger charge is -2.10. The van der Waals surface area contributed by atoms with Crippen molar-refractivity contribution in [3.05, 3.63) is 59.8 Å². The fourth-order valence-electron chi connectivity index (χ4n) is 1.68. The van der Waals surface area contributed by atoms with Gasteiger partial charge in [-0.1, -0.05) is 30.3 Å². The van der Waals surface area contributed by atoms with E-state index in [4.69, 9.17) is 10.5 Å². The number of ether oxygens (including phenoxy) is 1. The smallest absolute Gasteiger partial charge is 0.253 e. The number of aromatic nitrogens is 1. The Balaban J connectivity index is 1.92. The van der Waals surface area contributed by atoms with Crippen molar-refractivity contribution in [3.8, 4) is 5.88 Å². The van der Waals surface area contributed by atoms with E-state index in [9.17, 15) is 9.59 Å². The Morgan fingerprint density at radius 1 is 1.23 bits per heavy atom. The normalized spacial score (nSPS) is 11.5. The number of pyridine rings is 1. The van der Waals surface area contributed by atoms with Crippen LogP contribution in [0.2, 0.25) is 0 Å². The molecule has 1 aromatic heterocycles. The van der Waals surface area contributed by atoms with E-state index in [1.807, 2.05) is 30.3 Å². The first kappa shape index (κ1) is 15.5. The van der Waals surface area contributed by atoms with E-state index in [0.717, 1.165) is 5.56 Å². The molecule has 0 radical (unpaired) electrons. The van der Waals surface area contributed by atoms with Crippen LogP contribution in [0.15, 0.2) is 48.7 Å². The molecule has 0 aliphatic heterocycles. The van der Waals surface area contributed by atoms with Gasteiger partial charge in [-0.3, -0.25) is 9.59 Å². The molecule has 114 valence electrons. The molecule has 0 fully saturated rings. The van der Waals surface area contributed by atoms with Crippen LogP contribution in [0, 0.1) is 0 Å². The van der Waals surface area contributed by atoms with Crippen molar-refractivity contribution >= 4 is 11.8 Å². The maximum atomic E-state index is 11.9. The molecule has 6 heteroatoms.